The molecule has 4 aliphatic heterocycles. The number of ether oxygens (including phenoxy) is 1. The first-order chi connectivity index (χ1) is 29.1. The molecule has 3 atom stereocenters. The third-order valence-electron chi connectivity index (χ3n) is 12.6. The molecule has 4 N–H and O–H groups in total. The predicted octanol–water partition coefficient (Wildman–Crippen LogP) is 6.65. The van der Waals surface area contributed by atoms with Gasteiger partial charge in [-0.05, 0) is 105 Å². The van der Waals surface area contributed by atoms with Crippen LogP contribution >= 0.6 is 0 Å². The van der Waals surface area contributed by atoms with Crippen LogP contribution in [0.1, 0.15) is 67.6 Å². The number of aromatic nitrogens is 3. The summed E-state index contributed by atoms with van der Waals surface area (Å²) in [5, 5.41) is 23.0. The smallest absolute Gasteiger partial charge is 0.253 e. The molecule has 0 saturated carbocycles. The number of para-hydroxylation sites is 1. The van der Waals surface area contributed by atoms with Crippen LogP contribution in [-0.4, -0.2) is 101 Å². The second-order valence-electron chi connectivity index (χ2n) is 16.3. The lowest BCUT2D eigenvalue weighted by Crippen LogP contribution is -2.43. The molecule has 12 heteroatoms. The highest BCUT2D eigenvalue weighted by molar-refractivity contribution is 5.96. The monoisotopic (exact) mass is 783 g/mol. The van der Waals surface area contributed by atoms with Crippen molar-refractivity contribution in [1.29, 1.82) is 0 Å². The lowest BCUT2D eigenvalue weighted by Gasteiger charge is -2.38. The number of aryl methyl sites for hydroxylation is 2. The highest BCUT2D eigenvalue weighted by atomic mass is 16.5. The van der Waals surface area contributed by atoms with E-state index in [1.165, 1.54) is 5.52 Å². The molecule has 0 spiro atoms. The summed E-state index contributed by atoms with van der Waals surface area (Å²) in [5.41, 5.74) is 14.4. The molecule has 4 aliphatic rings. The number of anilines is 3. The van der Waals surface area contributed by atoms with E-state index in [-0.39, 0.29) is 17.8 Å². The number of amides is 1. The van der Waals surface area contributed by atoms with E-state index >= 15 is 0 Å². The van der Waals surface area contributed by atoms with Crippen molar-refractivity contribution in [2.45, 2.75) is 51.7 Å². The standard InChI is InChI=1S/C46H55N9O3/c1-31-8-11-40-38(44(31)54-18-5-17-48-30-54)16-23-55(40)35-14-19-51(20-15-35)28-33-12-21-52(22-13-33)46(57)34-9-10-36(32(2)26-34)43-29-53(24-25-58-43)41-27-39(49-50-45(41)47)37-6-3-4-7-42(37)56/h3-11,16,18,23,26-27,33,35,43,48,56H,12-15,17,19-22,24-25,28-30H2,1-2H3,(H2,47,50)/i17D,30D/t17?,30-,43?/m1/s1. The minimum absolute atomic E-state index is 0.0890. The van der Waals surface area contributed by atoms with Crippen LogP contribution in [0.25, 0.3) is 22.2 Å². The zero-order valence-corrected chi connectivity index (χ0v) is 33.4. The molecule has 302 valence electrons. The third kappa shape index (κ3) is 7.64. The first kappa shape index (κ1) is 35.7. The number of piperidine rings is 2. The van der Waals surface area contributed by atoms with Gasteiger partial charge in [-0.2, -0.15) is 0 Å². The molecule has 0 radical (unpaired) electrons. The van der Waals surface area contributed by atoms with Crippen molar-refractivity contribution in [3.8, 4) is 17.0 Å². The van der Waals surface area contributed by atoms with E-state index in [4.69, 9.17) is 13.2 Å². The van der Waals surface area contributed by atoms with Crippen molar-refractivity contribution in [3.63, 3.8) is 0 Å². The van der Waals surface area contributed by atoms with Crippen LogP contribution in [0.2, 0.25) is 0 Å². The molecule has 9 rings (SSSR count). The zero-order valence-electron chi connectivity index (χ0n) is 35.4. The highest BCUT2D eigenvalue weighted by Gasteiger charge is 2.30. The van der Waals surface area contributed by atoms with Gasteiger partial charge in [0.1, 0.15) is 11.9 Å². The number of rotatable bonds is 8. The minimum Gasteiger partial charge on any atom is -0.507 e. The Morgan fingerprint density at radius 2 is 1.79 bits per heavy atom. The Morgan fingerprint density at radius 3 is 2.59 bits per heavy atom. The second-order valence-corrected chi connectivity index (χ2v) is 16.3. The average molecular weight is 784 g/mol. The lowest BCUT2D eigenvalue weighted by atomic mass is 9.93. The number of hydrogen-bond acceptors (Lipinski definition) is 10. The number of hydrogen-bond donors (Lipinski definition) is 3. The van der Waals surface area contributed by atoms with Crippen molar-refractivity contribution in [3.05, 3.63) is 107 Å². The molecule has 2 aromatic heterocycles. The maximum Gasteiger partial charge on any atom is 0.253 e. The van der Waals surface area contributed by atoms with Crippen molar-refractivity contribution < 1.29 is 17.4 Å². The quantitative estimate of drug-likeness (QED) is 0.158. The number of nitrogens with zero attached hydrogens (tertiary/aromatic N) is 7. The number of nitrogen functional groups attached to an aromatic ring is 1. The summed E-state index contributed by atoms with van der Waals surface area (Å²) in [5.74, 6) is 1.12. The van der Waals surface area contributed by atoms with Gasteiger partial charge in [0.2, 0.25) is 0 Å². The van der Waals surface area contributed by atoms with E-state index in [0.29, 0.717) is 54.3 Å². The van der Waals surface area contributed by atoms with Crippen LogP contribution in [0.4, 0.5) is 17.2 Å². The second kappa shape index (κ2) is 16.4. The molecule has 3 fully saturated rings. The zero-order chi connectivity index (χ0) is 41.5. The van der Waals surface area contributed by atoms with Gasteiger partial charge < -0.3 is 39.7 Å². The summed E-state index contributed by atoms with van der Waals surface area (Å²) in [4.78, 5) is 22.5. The summed E-state index contributed by atoms with van der Waals surface area (Å²) in [6.45, 7) is 9.32. The van der Waals surface area contributed by atoms with Gasteiger partial charge in [-0.25, -0.2) is 0 Å². The van der Waals surface area contributed by atoms with Crippen LogP contribution in [0.3, 0.4) is 0 Å². The summed E-state index contributed by atoms with van der Waals surface area (Å²) in [6.07, 6.45) is 9.87. The van der Waals surface area contributed by atoms with Gasteiger partial charge in [0.15, 0.2) is 5.82 Å². The number of benzene rings is 3. The summed E-state index contributed by atoms with van der Waals surface area (Å²) < 4.78 is 25.2. The fourth-order valence-corrected chi connectivity index (χ4v) is 9.43. The molecule has 3 aromatic carbocycles. The molecule has 3 saturated heterocycles. The van der Waals surface area contributed by atoms with E-state index in [9.17, 15) is 9.90 Å². The maximum absolute atomic E-state index is 13.8. The van der Waals surface area contributed by atoms with Crippen LogP contribution in [-0.2, 0) is 4.74 Å². The molecule has 5 aromatic rings. The predicted molar refractivity (Wildman–Crippen MR) is 230 cm³/mol. The van der Waals surface area contributed by atoms with E-state index < -0.39 is 13.2 Å². The van der Waals surface area contributed by atoms with Crippen LogP contribution < -0.4 is 20.9 Å². The van der Waals surface area contributed by atoms with Crippen molar-refractivity contribution in [1.82, 2.24) is 29.9 Å². The number of nitrogens with one attached hydrogen (secondary N) is 1. The topological polar surface area (TPSA) is 128 Å². The SMILES string of the molecule is [2H]C1C=CN(c2c(C)ccc3c2ccn3C2CCN(CC3CCN(C(=O)c4ccc(C5CN(c6cc(-c7ccccc7O)nnc6N)CCO5)c(C)c4)CC3)CC2)[C@H]([2H])N1. The number of carbonyl (C=O) groups is 1. The van der Waals surface area contributed by atoms with Gasteiger partial charge in [0.25, 0.3) is 5.91 Å². The molecule has 1 amide bonds. The minimum atomic E-state index is -0.697. The number of aromatic hydroxyl groups is 1. The average Bonchev–Trinajstić information content (AvgIpc) is 3.69. The molecule has 58 heavy (non-hydrogen) atoms. The third-order valence-corrected chi connectivity index (χ3v) is 12.6. The van der Waals surface area contributed by atoms with Gasteiger partial charge in [0.05, 0.1) is 37.2 Å². The Kier molecular flexibility index (Phi) is 10.1. The number of nitrogens with two attached hydrogens (primary N) is 1. The molecule has 0 bridgehead atoms. The van der Waals surface area contributed by atoms with Crippen molar-refractivity contribution in [2.24, 2.45) is 5.92 Å². The van der Waals surface area contributed by atoms with Crippen LogP contribution in [0.5, 0.6) is 5.75 Å². The Bertz CT molecular complexity index is 2390. The van der Waals surface area contributed by atoms with Crippen LogP contribution in [0.15, 0.2) is 85.2 Å². The van der Waals surface area contributed by atoms with Gasteiger partial charge in [0, 0.05) is 88.7 Å². The van der Waals surface area contributed by atoms with Crippen molar-refractivity contribution in [2.75, 3.05) is 81.1 Å². The summed E-state index contributed by atoms with van der Waals surface area (Å²) in [6, 6.07) is 21.9. The van der Waals surface area contributed by atoms with Gasteiger partial charge in [-0.3, -0.25) is 10.1 Å². The fraction of sp³-hybridized carbons (Fsp3) is 0.413. The Hall–Kier alpha value is -5.43. The normalized spacial score (nSPS) is 23.0. The molecule has 6 heterocycles. The Balaban J connectivity index is 0.775. The molecule has 0 aliphatic carbocycles. The van der Waals surface area contributed by atoms with Gasteiger partial charge >= 0.3 is 0 Å². The van der Waals surface area contributed by atoms with E-state index in [1.807, 2.05) is 59.3 Å². The maximum atomic E-state index is 13.8. The lowest BCUT2D eigenvalue weighted by molar-refractivity contribution is 0.0394. The fourth-order valence-electron chi connectivity index (χ4n) is 9.43. The van der Waals surface area contributed by atoms with E-state index in [1.54, 1.807) is 18.2 Å². The number of phenols is 1. The van der Waals surface area contributed by atoms with E-state index in [0.717, 1.165) is 91.9 Å². The summed E-state index contributed by atoms with van der Waals surface area (Å²) in [7, 11) is 0. The van der Waals surface area contributed by atoms with Gasteiger partial charge in [-0.1, -0.05) is 30.3 Å². The summed E-state index contributed by atoms with van der Waals surface area (Å²) >= 11 is 0. The highest BCUT2D eigenvalue weighted by Crippen LogP contribution is 2.37. The largest absolute Gasteiger partial charge is 0.507 e. The number of likely N-dealkylation sites (tertiary alicyclic amines) is 2. The van der Waals surface area contributed by atoms with Crippen molar-refractivity contribution >= 4 is 34.0 Å². The number of phenolic OH excluding ortho intramolecular Hbond substituents is 1. The van der Waals surface area contributed by atoms with Gasteiger partial charge in [-0.15, -0.1) is 10.2 Å². The molecular weight excluding hydrogens is 727 g/mol. The number of carbonyl (C=O) groups excluding carboxylic acids is 1. The first-order valence-electron chi connectivity index (χ1n) is 21.8. The molecular formula is C46H55N9O3. The first-order valence-corrected chi connectivity index (χ1v) is 20.7. The Labute approximate surface area is 343 Å². The van der Waals surface area contributed by atoms with Crippen LogP contribution in [0, 0.1) is 19.8 Å². The molecule has 12 nitrogen and oxygen atoms in total. The number of morpholine rings is 1. The molecule has 2 unspecified atom stereocenters. The van der Waals surface area contributed by atoms with E-state index in [2.05, 4.69) is 61.2 Å². The Morgan fingerprint density at radius 1 is 0.966 bits per heavy atom. The number of fused-ring (bicyclic) bond motifs is 1.